The van der Waals surface area contributed by atoms with Crippen LogP contribution in [0.3, 0.4) is 0 Å². The zero-order chi connectivity index (χ0) is 11.2. The summed E-state index contributed by atoms with van der Waals surface area (Å²) in [7, 11) is 0. The summed E-state index contributed by atoms with van der Waals surface area (Å²) in [6.45, 7) is 3.70. The maximum Gasteiger partial charge on any atom is 0.115 e. The Hall–Kier alpha value is -1.04. The highest BCUT2D eigenvalue weighted by molar-refractivity contribution is 7.09. The first-order chi connectivity index (χ1) is 7.88. The lowest BCUT2D eigenvalue weighted by Gasteiger charge is -2.01. The predicted octanol–water partition coefficient (Wildman–Crippen LogP) is 2.21. The van der Waals surface area contributed by atoms with Crippen LogP contribution in [0.5, 0.6) is 0 Å². The SMILES string of the molecule is CCc1nc(CNCc2cncnc2)cs1.Cl. The number of halogens is 1. The summed E-state index contributed by atoms with van der Waals surface area (Å²) in [5, 5.41) is 6.62. The number of rotatable bonds is 5. The van der Waals surface area contributed by atoms with E-state index in [4.69, 9.17) is 0 Å². The number of thiazole rings is 1. The van der Waals surface area contributed by atoms with Gasteiger partial charge in [0, 0.05) is 36.4 Å². The van der Waals surface area contributed by atoms with Gasteiger partial charge < -0.3 is 5.32 Å². The minimum Gasteiger partial charge on any atom is -0.307 e. The molecule has 0 atom stereocenters. The molecule has 2 rings (SSSR count). The predicted molar refractivity (Wildman–Crippen MR) is 71.3 cm³/mol. The second-order valence-electron chi connectivity index (χ2n) is 3.44. The van der Waals surface area contributed by atoms with Gasteiger partial charge in [0.15, 0.2) is 0 Å². The zero-order valence-corrected chi connectivity index (χ0v) is 11.2. The summed E-state index contributed by atoms with van der Waals surface area (Å²) in [6, 6.07) is 0. The van der Waals surface area contributed by atoms with Gasteiger partial charge in [-0.15, -0.1) is 23.7 Å². The first-order valence-corrected chi connectivity index (χ1v) is 6.14. The van der Waals surface area contributed by atoms with E-state index >= 15 is 0 Å². The van der Waals surface area contributed by atoms with E-state index in [0.717, 1.165) is 30.8 Å². The molecule has 6 heteroatoms. The lowest BCUT2D eigenvalue weighted by Crippen LogP contribution is -2.13. The summed E-state index contributed by atoms with van der Waals surface area (Å²) in [4.78, 5) is 12.4. The van der Waals surface area contributed by atoms with Crippen LogP contribution in [0.25, 0.3) is 0 Å². The number of hydrogen-bond acceptors (Lipinski definition) is 5. The van der Waals surface area contributed by atoms with E-state index in [0.29, 0.717) is 0 Å². The topological polar surface area (TPSA) is 50.7 Å². The van der Waals surface area contributed by atoms with Crippen LogP contribution in [0.15, 0.2) is 24.1 Å². The van der Waals surface area contributed by atoms with E-state index in [2.05, 4.69) is 32.6 Å². The molecule has 0 bridgehead atoms. The summed E-state index contributed by atoms with van der Waals surface area (Å²) in [6.07, 6.45) is 6.19. The van der Waals surface area contributed by atoms with Gasteiger partial charge in [-0.25, -0.2) is 15.0 Å². The van der Waals surface area contributed by atoms with Crippen molar-refractivity contribution in [2.24, 2.45) is 0 Å². The molecule has 2 heterocycles. The van der Waals surface area contributed by atoms with Gasteiger partial charge in [-0.2, -0.15) is 0 Å². The Morgan fingerprint density at radius 2 is 2.00 bits per heavy atom. The Kier molecular flexibility index (Phi) is 6.04. The molecule has 0 aliphatic heterocycles. The van der Waals surface area contributed by atoms with E-state index < -0.39 is 0 Å². The molecule has 0 saturated carbocycles. The fourth-order valence-electron chi connectivity index (χ4n) is 1.35. The molecule has 1 N–H and O–H groups in total. The number of nitrogens with one attached hydrogen (secondary N) is 1. The van der Waals surface area contributed by atoms with Crippen LogP contribution < -0.4 is 5.32 Å². The Morgan fingerprint density at radius 1 is 1.24 bits per heavy atom. The summed E-state index contributed by atoms with van der Waals surface area (Å²) in [5.74, 6) is 0. The molecule has 0 spiro atoms. The highest BCUT2D eigenvalue weighted by Gasteiger charge is 1.99. The molecule has 0 saturated heterocycles. The van der Waals surface area contributed by atoms with Gasteiger partial charge in [-0.05, 0) is 6.42 Å². The van der Waals surface area contributed by atoms with Crippen LogP contribution in [0.1, 0.15) is 23.2 Å². The summed E-state index contributed by atoms with van der Waals surface area (Å²) in [5.41, 5.74) is 2.20. The number of nitrogens with zero attached hydrogens (tertiary/aromatic N) is 3. The van der Waals surface area contributed by atoms with Crippen molar-refractivity contribution in [1.82, 2.24) is 20.3 Å². The molecular weight excluding hydrogens is 256 g/mol. The van der Waals surface area contributed by atoms with E-state index in [9.17, 15) is 0 Å². The van der Waals surface area contributed by atoms with E-state index in [1.807, 2.05) is 12.4 Å². The smallest absolute Gasteiger partial charge is 0.115 e. The van der Waals surface area contributed by atoms with Crippen LogP contribution in [0.2, 0.25) is 0 Å². The fourth-order valence-corrected chi connectivity index (χ4v) is 2.09. The third kappa shape index (κ3) is 4.38. The molecule has 0 unspecified atom stereocenters. The normalized spacial score (nSPS) is 9.94. The molecule has 0 fully saturated rings. The quantitative estimate of drug-likeness (QED) is 0.905. The van der Waals surface area contributed by atoms with Crippen molar-refractivity contribution in [1.29, 1.82) is 0 Å². The summed E-state index contributed by atoms with van der Waals surface area (Å²) < 4.78 is 0. The maximum atomic E-state index is 4.48. The third-order valence-corrected chi connectivity index (χ3v) is 3.19. The zero-order valence-electron chi connectivity index (χ0n) is 9.59. The highest BCUT2D eigenvalue weighted by Crippen LogP contribution is 2.09. The van der Waals surface area contributed by atoms with Gasteiger partial charge in [0.1, 0.15) is 6.33 Å². The monoisotopic (exact) mass is 270 g/mol. The molecule has 0 radical (unpaired) electrons. The Labute approximate surface area is 111 Å². The standard InChI is InChI=1S/C11H14N4S.ClH/c1-2-11-15-10(7-16-11)6-12-3-9-4-13-8-14-5-9;/h4-5,7-8,12H,2-3,6H2,1H3;1H. The van der Waals surface area contributed by atoms with Gasteiger partial charge in [-0.3, -0.25) is 0 Å². The number of aromatic nitrogens is 3. The lowest BCUT2D eigenvalue weighted by molar-refractivity contribution is 0.677. The Bertz CT molecular complexity index is 432. The molecule has 0 aromatic carbocycles. The van der Waals surface area contributed by atoms with E-state index in [1.54, 1.807) is 11.3 Å². The minimum atomic E-state index is 0. The van der Waals surface area contributed by atoms with Crippen molar-refractivity contribution in [3.05, 3.63) is 40.4 Å². The second kappa shape index (κ2) is 7.32. The van der Waals surface area contributed by atoms with Crippen molar-refractivity contribution in [3.8, 4) is 0 Å². The first-order valence-electron chi connectivity index (χ1n) is 5.26. The molecule has 4 nitrogen and oxygen atoms in total. The Balaban J connectivity index is 0.00000144. The van der Waals surface area contributed by atoms with Gasteiger partial charge in [0.2, 0.25) is 0 Å². The van der Waals surface area contributed by atoms with Crippen LogP contribution in [-0.2, 0) is 19.5 Å². The fraction of sp³-hybridized carbons (Fsp3) is 0.364. The molecule has 2 aromatic rings. The molecule has 92 valence electrons. The molecule has 17 heavy (non-hydrogen) atoms. The van der Waals surface area contributed by atoms with Gasteiger partial charge in [0.05, 0.1) is 10.7 Å². The van der Waals surface area contributed by atoms with Crippen molar-refractivity contribution in [2.45, 2.75) is 26.4 Å². The van der Waals surface area contributed by atoms with Gasteiger partial charge >= 0.3 is 0 Å². The number of hydrogen-bond donors (Lipinski definition) is 1. The van der Waals surface area contributed by atoms with Crippen LogP contribution in [0.4, 0.5) is 0 Å². The minimum absolute atomic E-state index is 0. The molecule has 0 aliphatic rings. The molecule has 0 amide bonds. The van der Waals surface area contributed by atoms with Crippen molar-refractivity contribution < 1.29 is 0 Å². The van der Waals surface area contributed by atoms with Crippen molar-refractivity contribution in [2.75, 3.05) is 0 Å². The van der Waals surface area contributed by atoms with E-state index in [-0.39, 0.29) is 12.4 Å². The van der Waals surface area contributed by atoms with Gasteiger partial charge in [0.25, 0.3) is 0 Å². The second-order valence-corrected chi connectivity index (χ2v) is 4.38. The molecule has 2 aromatic heterocycles. The van der Waals surface area contributed by atoms with Crippen molar-refractivity contribution in [3.63, 3.8) is 0 Å². The highest BCUT2D eigenvalue weighted by atomic mass is 35.5. The van der Waals surface area contributed by atoms with Gasteiger partial charge in [-0.1, -0.05) is 6.92 Å². The van der Waals surface area contributed by atoms with Crippen molar-refractivity contribution >= 4 is 23.7 Å². The average Bonchev–Trinajstić information content (AvgIpc) is 2.78. The summed E-state index contributed by atoms with van der Waals surface area (Å²) >= 11 is 1.72. The largest absolute Gasteiger partial charge is 0.307 e. The lowest BCUT2D eigenvalue weighted by atomic mass is 10.3. The first kappa shape index (κ1) is 14.0. The molecular formula is C11H15ClN4S. The Morgan fingerprint density at radius 3 is 2.65 bits per heavy atom. The van der Waals surface area contributed by atoms with Crippen LogP contribution in [0, 0.1) is 0 Å². The van der Waals surface area contributed by atoms with Crippen LogP contribution >= 0.6 is 23.7 Å². The average molecular weight is 271 g/mol. The van der Waals surface area contributed by atoms with Crippen LogP contribution in [-0.4, -0.2) is 15.0 Å². The third-order valence-electron chi connectivity index (χ3n) is 2.15. The molecule has 0 aliphatic carbocycles. The van der Waals surface area contributed by atoms with E-state index in [1.165, 1.54) is 11.3 Å². The number of aryl methyl sites for hydroxylation is 1. The maximum absolute atomic E-state index is 4.48.